The molecule has 1 aromatic heterocycles. The number of alkyl halides is 1. The molecule has 2 bridgehead atoms. The van der Waals surface area contributed by atoms with Crippen molar-refractivity contribution in [3.8, 4) is 11.3 Å². The highest BCUT2D eigenvalue weighted by molar-refractivity contribution is 5.97. The van der Waals surface area contributed by atoms with E-state index < -0.39 is 47.9 Å². The van der Waals surface area contributed by atoms with Gasteiger partial charge in [0, 0.05) is 17.7 Å². The number of rotatable bonds is 4. The Morgan fingerprint density at radius 1 is 1.10 bits per heavy atom. The number of carbonyl (C=O) groups excluding carboxylic acids is 3. The highest BCUT2D eigenvalue weighted by Gasteiger charge is 2.27. The highest BCUT2D eigenvalue weighted by Crippen LogP contribution is 2.34. The molecule has 0 fully saturated rings. The van der Waals surface area contributed by atoms with Crippen LogP contribution in [0.4, 0.5) is 33.7 Å². The summed E-state index contributed by atoms with van der Waals surface area (Å²) < 4.78 is 61.5. The van der Waals surface area contributed by atoms with E-state index in [0.717, 1.165) is 12.1 Å². The first-order valence-corrected chi connectivity index (χ1v) is 12.1. The maximum atomic E-state index is 15.2. The van der Waals surface area contributed by atoms with Gasteiger partial charge in [0.15, 0.2) is 0 Å². The van der Waals surface area contributed by atoms with E-state index in [0.29, 0.717) is 19.3 Å². The summed E-state index contributed by atoms with van der Waals surface area (Å²) in [5, 5.41) is 7.67. The minimum atomic E-state index is -1.23. The number of aromatic amines is 1. The van der Waals surface area contributed by atoms with Crippen LogP contribution in [0.3, 0.4) is 0 Å². The van der Waals surface area contributed by atoms with E-state index in [9.17, 15) is 27.6 Å². The molecular formula is C26H25F4N5O4. The lowest BCUT2D eigenvalue weighted by Crippen LogP contribution is -2.31. The van der Waals surface area contributed by atoms with Crippen molar-refractivity contribution in [3.63, 3.8) is 0 Å². The van der Waals surface area contributed by atoms with Crippen molar-refractivity contribution in [2.45, 2.75) is 44.8 Å². The summed E-state index contributed by atoms with van der Waals surface area (Å²) >= 11 is 0. The van der Waals surface area contributed by atoms with Crippen molar-refractivity contribution in [2.24, 2.45) is 0 Å². The van der Waals surface area contributed by atoms with Crippen molar-refractivity contribution in [1.82, 2.24) is 15.3 Å². The predicted octanol–water partition coefficient (Wildman–Crippen LogP) is 5.52. The summed E-state index contributed by atoms with van der Waals surface area (Å²) in [5.74, 6) is -4.80. The van der Waals surface area contributed by atoms with Crippen LogP contribution in [0.15, 0.2) is 30.3 Å². The molecule has 39 heavy (non-hydrogen) atoms. The van der Waals surface area contributed by atoms with Gasteiger partial charge < -0.3 is 20.4 Å². The van der Waals surface area contributed by atoms with E-state index in [1.54, 1.807) is 0 Å². The van der Waals surface area contributed by atoms with Crippen molar-refractivity contribution in [3.05, 3.63) is 64.9 Å². The molecule has 0 radical (unpaired) electrons. The Balaban J connectivity index is 1.70. The van der Waals surface area contributed by atoms with Gasteiger partial charge in [-0.15, -0.1) is 0 Å². The normalized spacial score (nSPS) is 15.6. The molecule has 4 N–H and O–H groups in total. The first-order chi connectivity index (χ1) is 18.7. The van der Waals surface area contributed by atoms with E-state index >= 15 is 4.39 Å². The van der Waals surface area contributed by atoms with Gasteiger partial charge in [-0.05, 0) is 48.7 Å². The average molecular weight is 548 g/mol. The first kappa shape index (κ1) is 27.6. The molecule has 0 saturated heterocycles. The van der Waals surface area contributed by atoms with E-state index in [-0.39, 0.29) is 52.8 Å². The number of aromatic nitrogens is 2. The maximum absolute atomic E-state index is 15.2. The van der Waals surface area contributed by atoms with Gasteiger partial charge in [0.25, 0.3) is 5.91 Å². The van der Waals surface area contributed by atoms with Crippen LogP contribution in [0.25, 0.3) is 11.3 Å². The van der Waals surface area contributed by atoms with E-state index in [2.05, 4.69) is 30.7 Å². The van der Waals surface area contributed by atoms with Crippen molar-refractivity contribution in [1.29, 1.82) is 0 Å². The lowest BCUT2D eigenvalue weighted by molar-refractivity contribution is -0.116. The molecule has 1 aliphatic rings. The number of amides is 3. The van der Waals surface area contributed by atoms with Crippen LogP contribution in [-0.2, 0) is 16.2 Å². The highest BCUT2D eigenvalue weighted by atomic mass is 19.1. The molecule has 1 aliphatic heterocycles. The van der Waals surface area contributed by atoms with Gasteiger partial charge in [-0.25, -0.2) is 22.9 Å². The third kappa shape index (κ3) is 6.36. The third-order valence-corrected chi connectivity index (χ3v) is 6.17. The smallest absolute Gasteiger partial charge is 0.411 e. The zero-order valence-electron chi connectivity index (χ0n) is 20.8. The number of hydrogen-bond donors (Lipinski definition) is 4. The Hall–Kier alpha value is -4.42. The Labute approximate surface area is 220 Å². The van der Waals surface area contributed by atoms with Gasteiger partial charge in [0.2, 0.25) is 11.9 Å². The van der Waals surface area contributed by atoms with Crippen LogP contribution >= 0.6 is 0 Å². The number of methoxy groups -OCH3 is 1. The van der Waals surface area contributed by atoms with Gasteiger partial charge in [-0.2, -0.15) is 4.39 Å². The Kier molecular flexibility index (Phi) is 8.47. The minimum absolute atomic E-state index is 0.00895. The Morgan fingerprint density at radius 2 is 1.85 bits per heavy atom. The number of imidazole rings is 1. The second kappa shape index (κ2) is 12.0. The minimum Gasteiger partial charge on any atom is -0.453 e. The van der Waals surface area contributed by atoms with E-state index in [1.807, 2.05) is 0 Å². The molecule has 13 heteroatoms. The molecule has 0 aliphatic carbocycles. The van der Waals surface area contributed by atoms with Gasteiger partial charge in [-0.3, -0.25) is 14.9 Å². The summed E-state index contributed by atoms with van der Waals surface area (Å²) in [7, 11) is 1.19. The molecule has 2 heterocycles. The van der Waals surface area contributed by atoms with Crippen molar-refractivity contribution < 1.29 is 36.7 Å². The van der Waals surface area contributed by atoms with Crippen molar-refractivity contribution in [2.75, 3.05) is 17.7 Å². The summed E-state index contributed by atoms with van der Waals surface area (Å²) in [6.07, 6.45) is 1.15. The maximum Gasteiger partial charge on any atom is 0.411 e. The Bertz CT molecular complexity index is 1390. The first-order valence-electron chi connectivity index (χ1n) is 12.1. The lowest BCUT2D eigenvalue weighted by Gasteiger charge is -2.17. The van der Waals surface area contributed by atoms with Crippen LogP contribution in [0.2, 0.25) is 0 Å². The van der Waals surface area contributed by atoms with Crippen LogP contribution < -0.4 is 16.0 Å². The second-order valence-corrected chi connectivity index (χ2v) is 8.90. The number of nitrogens with one attached hydrogen (secondary N) is 4. The quantitative estimate of drug-likeness (QED) is 0.321. The monoisotopic (exact) mass is 547 g/mol. The summed E-state index contributed by atoms with van der Waals surface area (Å²) in [5.41, 5.74) is -0.714. The standard InChI is InChI=1S/C26H25F4N5O4/c1-39-26(38)31-14-7-8-15-19(11-14)32-20(36)6-4-2-3-5-18(24-34-22(15)23(30)35-24)33-25(37)21-16(28)9-13(12-27)10-17(21)29/h7-11,18H,2-6,12H2,1H3,(H,31,38)(H,32,36)(H,33,37)(H,34,35)/t18-/m0/s1. The molecule has 0 spiro atoms. The third-order valence-electron chi connectivity index (χ3n) is 6.17. The predicted molar refractivity (Wildman–Crippen MR) is 133 cm³/mol. The molecule has 2 aromatic carbocycles. The average Bonchev–Trinajstić information content (AvgIpc) is 3.28. The molecule has 9 nitrogen and oxygen atoms in total. The van der Waals surface area contributed by atoms with Gasteiger partial charge in [0.1, 0.15) is 35.4 Å². The summed E-state index contributed by atoms with van der Waals surface area (Å²) in [6, 6.07) is 4.82. The molecule has 206 valence electrons. The molecule has 3 amide bonds. The fraction of sp³-hybridized carbons (Fsp3) is 0.308. The number of carbonyl (C=O) groups is 3. The number of benzene rings is 2. The summed E-state index contributed by atoms with van der Waals surface area (Å²) in [6.45, 7) is -1.11. The number of ether oxygens (including phenoxy) is 1. The number of nitrogens with zero attached hydrogens (tertiary/aromatic N) is 1. The summed E-state index contributed by atoms with van der Waals surface area (Å²) in [4.78, 5) is 43.8. The van der Waals surface area contributed by atoms with Crippen LogP contribution in [0.5, 0.6) is 0 Å². The second-order valence-electron chi connectivity index (χ2n) is 8.90. The lowest BCUT2D eigenvalue weighted by atomic mass is 10.0. The SMILES string of the molecule is COC(=O)Nc1ccc2c(c1)NC(=O)CCCCC[C@H](NC(=O)c1c(F)cc(CF)cc1F)c1nc-2c(F)[nH]1. The van der Waals surface area contributed by atoms with E-state index in [1.165, 1.54) is 25.3 Å². The number of halogens is 4. The number of hydrogen-bond acceptors (Lipinski definition) is 5. The van der Waals surface area contributed by atoms with Gasteiger partial charge in [-0.1, -0.05) is 12.8 Å². The zero-order valence-corrected chi connectivity index (χ0v) is 20.8. The largest absolute Gasteiger partial charge is 0.453 e. The molecule has 1 atom stereocenters. The molecule has 3 aromatic rings. The topological polar surface area (TPSA) is 125 Å². The number of fused-ring (bicyclic) bond motifs is 4. The fourth-order valence-corrected chi connectivity index (χ4v) is 4.26. The van der Waals surface area contributed by atoms with E-state index in [4.69, 9.17) is 0 Å². The van der Waals surface area contributed by atoms with Gasteiger partial charge in [0.05, 0.1) is 18.8 Å². The van der Waals surface area contributed by atoms with Crippen LogP contribution in [0.1, 0.15) is 59.9 Å². The zero-order chi connectivity index (χ0) is 28.1. The molecular weight excluding hydrogens is 522 g/mol. The molecule has 0 unspecified atom stereocenters. The number of anilines is 2. The van der Waals surface area contributed by atoms with Gasteiger partial charge >= 0.3 is 6.09 Å². The molecule has 4 rings (SSSR count). The number of H-pyrrole nitrogens is 1. The van der Waals surface area contributed by atoms with Crippen molar-refractivity contribution >= 4 is 29.3 Å². The van der Waals surface area contributed by atoms with Crippen LogP contribution in [-0.4, -0.2) is 35.0 Å². The Morgan fingerprint density at radius 3 is 2.54 bits per heavy atom. The van der Waals surface area contributed by atoms with Crippen LogP contribution in [0, 0.1) is 17.6 Å². The fourth-order valence-electron chi connectivity index (χ4n) is 4.26. The molecule has 0 saturated carbocycles.